The topological polar surface area (TPSA) is 58.6 Å². The molecule has 0 aliphatic heterocycles. The molecule has 0 aromatic heterocycles. The summed E-state index contributed by atoms with van der Waals surface area (Å²) in [5.41, 5.74) is 1.07. The molecule has 4 unspecified atom stereocenters. The van der Waals surface area contributed by atoms with Crippen LogP contribution in [-0.4, -0.2) is 35.9 Å². The Morgan fingerprint density at radius 2 is 2.15 bits per heavy atom. The van der Waals surface area contributed by atoms with E-state index in [4.69, 9.17) is 4.74 Å². The van der Waals surface area contributed by atoms with Crippen LogP contribution in [0.25, 0.3) is 0 Å². The Labute approximate surface area is 120 Å². The average molecular weight is 277 g/mol. The minimum atomic E-state index is -0.578. The summed E-state index contributed by atoms with van der Waals surface area (Å²) < 4.78 is 5.40. The van der Waals surface area contributed by atoms with Crippen molar-refractivity contribution in [3.63, 3.8) is 0 Å². The summed E-state index contributed by atoms with van der Waals surface area (Å²) in [6.07, 6.45) is 0.826. The van der Waals surface area contributed by atoms with Crippen LogP contribution >= 0.6 is 0 Å². The van der Waals surface area contributed by atoms with E-state index >= 15 is 0 Å². The lowest BCUT2D eigenvalue weighted by Crippen LogP contribution is -2.43. The molecule has 110 valence electrons. The van der Waals surface area contributed by atoms with E-state index in [9.17, 15) is 9.90 Å². The fraction of sp³-hybridized carbons (Fsp3) is 0.562. The predicted molar refractivity (Wildman–Crippen MR) is 77.3 cm³/mol. The van der Waals surface area contributed by atoms with Gasteiger partial charge in [0.1, 0.15) is 0 Å². The van der Waals surface area contributed by atoms with Crippen molar-refractivity contribution in [3.8, 4) is 0 Å². The monoisotopic (exact) mass is 277 g/mol. The van der Waals surface area contributed by atoms with Gasteiger partial charge in [0.15, 0.2) is 0 Å². The molecule has 1 aromatic rings. The number of benzene rings is 1. The molecule has 0 heterocycles. The summed E-state index contributed by atoms with van der Waals surface area (Å²) in [4.78, 5) is 12.0. The molecule has 1 aromatic carbocycles. The number of carbonyl (C=O) groups excluding carboxylic acids is 1. The third-order valence-electron chi connectivity index (χ3n) is 3.68. The fourth-order valence-electron chi connectivity index (χ4n) is 2.31. The number of aliphatic hydroxyl groups is 1. The molecule has 4 nitrogen and oxygen atoms in total. The van der Waals surface area contributed by atoms with Gasteiger partial charge in [-0.15, -0.1) is 0 Å². The molecule has 0 bridgehead atoms. The van der Waals surface area contributed by atoms with E-state index in [1.807, 2.05) is 44.2 Å². The molecule has 0 radical (unpaired) electrons. The van der Waals surface area contributed by atoms with Crippen LogP contribution in [0.2, 0.25) is 0 Å². The van der Waals surface area contributed by atoms with Crippen molar-refractivity contribution in [1.29, 1.82) is 0 Å². The van der Waals surface area contributed by atoms with Crippen molar-refractivity contribution in [2.45, 2.75) is 44.9 Å². The summed E-state index contributed by atoms with van der Waals surface area (Å²) in [6.45, 7) is 4.41. The van der Waals surface area contributed by atoms with Gasteiger partial charge < -0.3 is 15.2 Å². The number of nitrogens with one attached hydrogen (secondary N) is 1. The Morgan fingerprint density at radius 1 is 1.45 bits per heavy atom. The highest BCUT2D eigenvalue weighted by Gasteiger charge is 2.44. The number of carbonyl (C=O) groups is 1. The lowest BCUT2D eigenvalue weighted by Gasteiger charge is -2.20. The summed E-state index contributed by atoms with van der Waals surface area (Å²) in [6, 6.07) is 9.53. The van der Waals surface area contributed by atoms with E-state index in [-0.39, 0.29) is 24.0 Å². The summed E-state index contributed by atoms with van der Waals surface area (Å²) in [5.74, 6) is -0.0515. The van der Waals surface area contributed by atoms with Crippen LogP contribution < -0.4 is 5.32 Å². The quantitative estimate of drug-likeness (QED) is 0.794. The second-order valence-electron chi connectivity index (χ2n) is 5.39. The zero-order valence-corrected chi connectivity index (χ0v) is 12.1. The highest BCUT2D eigenvalue weighted by atomic mass is 16.5. The summed E-state index contributed by atoms with van der Waals surface area (Å²) in [5, 5.41) is 13.0. The van der Waals surface area contributed by atoms with Gasteiger partial charge in [0.2, 0.25) is 5.91 Å². The van der Waals surface area contributed by atoms with E-state index in [2.05, 4.69) is 5.32 Å². The summed E-state index contributed by atoms with van der Waals surface area (Å²) >= 11 is 0. The molecule has 0 saturated heterocycles. The van der Waals surface area contributed by atoms with Crippen LogP contribution in [-0.2, 0) is 16.0 Å². The molecule has 0 spiro atoms. The number of ether oxygens (including phenoxy) is 1. The third-order valence-corrected chi connectivity index (χ3v) is 3.68. The molecular formula is C16H23NO3. The van der Waals surface area contributed by atoms with Gasteiger partial charge in [0.25, 0.3) is 0 Å². The second kappa shape index (κ2) is 6.86. The molecule has 1 aliphatic rings. The van der Waals surface area contributed by atoms with Crippen LogP contribution in [0.5, 0.6) is 0 Å². The average Bonchev–Trinajstić information content (AvgIpc) is 3.19. The zero-order chi connectivity index (χ0) is 14.5. The number of hydrogen-bond acceptors (Lipinski definition) is 3. The Bertz CT molecular complexity index is 435. The van der Waals surface area contributed by atoms with Crippen molar-refractivity contribution in [2.75, 3.05) is 6.61 Å². The normalized spacial score (nSPS) is 23.9. The fourth-order valence-corrected chi connectivity index (χ4v) is 2.31. The standard InChI is InChI=1S/C16H23NO3/c1-3-20-15-10-13(15)16(19)17-11(2)14(18)9-12-7-5-4-6-8-12/h4-8,11,13-15,18H,3,9-10H2,1-2H3,(H,17,19). The third kappa shape index (κ3) is 4.05. The number of aliphatic hydroxyl groups excluding tert-OH is 1. The van der Waals surface area contributed by atoms with Gasteiger partial charge >= 0.3 is 0 Å². The van der Waals surface area contributed by atoms with Crippen LogP contribution in [0, 0.1) is 5.92 Å². The first-order valence-electron chi connectivity index (χ1n) is 7.25. The highest BCUT2D eigenvalue weighted by Crippen LogP contribution is 2.33. The number of amides is 1. The molecular weight excluding hydrogens is 254 g/mol. The van der Waals surface area contributed by atoms with Crippen molar-refractivity contribution in [1.82, 2.24) is 5.32 Å². The largest absolute Gasteiger partial charge is 0.391 e. The van der Waals surface area contributed by atoms with Gasteiger partial charge in [-0.3, -0.25) is 4.79 Å². The van der Waals surface area contributed by atoms with Crippen molar-refractivity contribution in [3.05, 3.63) is 35.9 Å². The number of rotatable bonds is 7. The van der Waals surface area contributed by atoms with Crippen LogP contribution in [0.15, 0.2) is 30.3 Å². The lowest BCUT2D eigenvalue weighted by molar-refractivity contribution is -0.124. The molecule has 1 fully saturated rings. The minimum absolute atomic E-state index is 0.0111. The van der Waals surface area contributed by atoms with Crippen LogP contribution in [0.1, 0.15) is 25.8 Å². The Kier molecular flexibility index (Phi) is 5.15. The second-order valence-corrected chi connectivity index (χ2v) is 5.39. The van der Waals surface area contributed by atoms with Crippen LogP contribution in [0.3, 0.4) is 0 Å². The molecule has 1 aliphatic carbocycles. The molecule has 1 amide bonds. The molecule has 2 N–H and O–H groups in total. The Morgan fingerprint density at radius 3 is 2.80 bits per heavy atom. The Hall–Kier alpha value is -1.39. The van der Waals surface area contributed by atoms with Gasteiger partial charge in [-0.2, -0.15) is 0 Å². The predicted octanol–water partition coefficient (Wildman–Crippen LogP) is 1.52. The minimum Gasteiger partial charge on any atom is -0.391 e. The van der Waals surface area contributed by atoms with Crippen LogP contribution in [0.4, 0.5) is 0 Å². The van der Waals surface area contributed by atoms with Gasteiger partial charge in [-0.1, -0.05) is 30.3 Å². The van der Waals surface area contributed by atoms with E-state index in [0.717, 1.165) is 12.0 Å². The van der Waals surface area contributed by atoms with Gasteiger partial charge in [-0.25, -0.2) is 0 Å². The van der Waals surface area contributed by atoms with E-state index in [1.54, 1.807) is 0 Å². The van der Waals surface area contributed by atoms with Crippen molar-refractivity contribution < 1.29 is 14.6 Å². The maximum Gasteiger partial charge on any atom is 0.226 e. The Balaban J connectivity index is 1.77. The smallest absolute Gasteiger partial charge is 0.226 e. The highest BCUT2D eigenvalue weighted by molar-refractivity contribution is 5.82. The molecule has 2 rings (SSSR count). The van der Waals surface area contributed by atoms with E-state index in [1.165, 1.54) is 0 Å². The molecule has 4 heteroatoms. The summed E-state index contributed by atoms with van der Waals surface area (Å²) in [7, 11) is 0. The zero-order valence-electron chi connectivity index (χ0n) is 12.1. The maximum absolute atomic E-state index is 12.0. The SMILES string of the molecule is CCOC1CC1C(=O)NC(C)C(O)Cc1ccccc1. The molecule has 4 atom stereocenters. The van der Waals surface area contributed by atoms with Crippen molar-refractivity contribution in [2.24, 2.45) is 5.92 Å². The molecule has 1 saturated carbocycles. The van der Waals surface area contributed by atoms with Gasteiger partial charge in [0.05, 0.1) is 24.2 Å². The number of hydrogen-bond donors (Lipinski definition) is 2. The van der Waals surface area contributed by atoms with Crippen molar-refractivity contribution >= 4 is 5.91 Å². The van der Waals surface area contributed by atoms with Gasteiger partial charge in [-0.05, 0) is 25.8 Å². The first kappa shape index (κ1) is 15.0. The lowest BCUT2D eigenvalue weighted by atomic mass is 10.0. The first-order chi connectivity index (χ1) is 9.61. The van der Waals surface area contributed by atoms with E-state index in [0.29, 0.717) is 13.0 Å². The van der Waals surface area contributed by atoms with E-state index < -0.39 is 6.10 Å². The first-order valence-corrected chi connectivity index (χ1v) is 7.25. The molecule has 20 heavy (non-hydrogen) atoms. The van der Waals surface area contributed by atoms with Gasteiger partial charge in [0, 0.05) is 13.0 Å². The maximum atomic E-state index is 12.0.